The van der Waals surface area contributed by atoms with Crippen molar-refractivity contribution in [3.63, 3.8) is 0 Å². The molecule has 0 bridgehead atoms. The Labute approximate surface area is 108 Å². The average molecular weight is 245 g/mol. The predicted octanol–water partition coefficient (Wildman–Crippen LogP) is 1.35. The number of hydrogen-bond acceptors (Lipinski definition) is 3. The quantitative estimate of drug-likeness (QED) is 0.814. The number of hydrogen-bond donors (Lipinski definition) is 1. The molecule has 1 amide bonds. The van der Waals surface area contributed by atoms with Crippen molar-refractivity contribution in [2.75, 3.05) is 13.1 Å². The molecule has 0 saturated carbocycles. The van der Waals surface area contributed by atoms with Crippen molar-refractivity contribution in [2.45, 2.75) is 25.4 Å². The molecule has 4 nitrogen and oxygen atoms in total. The van der Waals surface area contributed by atoms with Crippen LogP contribution in [0.4, 0.5) is 0 Å². The summed E-state index contributed by atoms with van der Waals surface area (Å²) in [5.74, 6) is -0.0711. The number of likely N-dealkylation sites (tertiary alicyclic amines) is 1. The van der Waals surface area contributed by atoms with Crippen LogP contribution >= 0.6 is 0 Å². The summed E-state index contributed by atoms with van der Waals surface area (Å²) in [5, 5.41) is 2.95. The summed E-state index contributed by atoms with van der Waals surface area (Å²) in [5.41, 5.74) is 1.10. The molecule has 1 aromatic rings. The van der Waals surface area contributed by atoms with Gasteiger partial charge in [-0.3, -0.25) is 14.7 Å². The molecule has 0 aromatic carbocycles. The van der Waals surface area contributed by atoms with Crippen molar-refractivity contribution in [1.29, 1.82) is 0 Å². The number of nitrogens with one attached hydrogen (secondary N) is 1. The third-order valence-corrected chi connectivity index (χ3v) is 3.23. The van der Waals surface area contributed by atoms with Crippen LogP contribution in [-0.4, -0.2) is 34.9 Å². The molecule has 96 valence electrons. The fourth-order valence-electron chi connectivity index (χ4n) is 2.22. The Morgan fingerprint density at radius 3 is 2.89 bits per heavy atom. The van der Waals surface area contributed by atoms with Crippen LogP contribution in [0.1, 0.15) is 18.5 Å². The minimum absolute atomic E-state index is 0.0711. The Bertz CT molecular complexity index is 397. The minimum Gasteiger partial charge on any atom is -0.350 e. The van der Waals surface area contributed by atoms with Crippen LogP contribution in [0.3, 0.4) is 0 Å². The van der Waals surface area contributed by atoms with Gasteiger partial charge < -0.3 is 5.32 Å². The Balaban J connectivity index is 1.77. The van der Waals surface area contributed by atoms with Crippen molar-refractivity contribution < 1.29 is 4.79 Å². The summed E-state index contributed by atoms with van der Waals surface area (Å²) in [6, 6.07) is 6.28. The fraction of sp³-hybridized carbons (Fsp3) is 0.429. The van der Waals surface area contributed by atoms with E-state index in [-0.39, 0.29) is 11.9 Å². The van der Waals surface area contributed by atoms with Crippen molar-refractivity contribution in [1.82, 2.24) is 15.2 Å². The van der Waals surface area contributed by atoms with Crippen molar-refractivity contribution >= 4 is 5.91 Å². The Morgan fingerprint density at radius 2 is 2.28 bits per heavy atom. The van der Waals surface area contributed by atoms with E-state index in [1.54, 1.807) is 0 Å². The summed E-state index contributed by atoms with van der Waals surface area (Å²) in [6.07, 6.45) is 5.14. The Hall–Kier alpha value is -1.68. The van der Waals surface area contributed by atoms with E-state index in [0.29, 0.717) is 0 Å². The smallest absolute Gasteiger partial charge is 0.243 e. The standard InChI is InChI=1S/C14H19N3O/c1-2-14(18)16-12-6-9-17(10-7-12)11-13-5-3-4-8-15-13/h2-5,8,12H,1,6-7,9-11H2,(H,16,18). The first kappa shape index (κ1) is 12.8. The van der Waals surface area contributed by atoms with Gasteiger partial charge in [0, 0.05) is 31.9 Å². The molecule has 1 fully saturated rings. The summed E-state index contributed by atoms with van der Waals surface area (Å²) >= 11 is 0. The number of carbonyl (C=O) groups excluding carboxylic acids is 1. The maximum atomic E-state index is 11.2. The zero-order chi connectivity index (χ0) is 12.8. The lowest BCUT2D eigenvalue weighted by Crippen LogP contribution is -2.43. The second-order valence-electron chi connectivity index (χ2n) is 4.58. The van der Waals surface area contributed by atoms with Gasteiger partial charge in [-0.05, 0) is 31.1 Å². The van der Waals surface area contributed by atoms with E-state index in [0.717, 1.165) is 38.2 Å². The van der Waals surface area contributed by atoms with Crippen LogP contribution in [0.5, 0.6) is 0 Å². The Kier molecular flexibility index (Phi) is 4.47. The second kappa shape index (κ2) is 6.31. The largest absolute Gasteiger partial charge is 0.350 e. The fourth-order valence-corrected chi connectivity index (χ4v) is 2.22. The van der Waals surface area contributed by atoms with Gasteiger partial charge >= 0.3 is 0 Å². The first-order chi connectivity index (χ1) is 8.78. The van der Waals surface area contributed by atoms with E-state index in [2.05, 4.69) is 21.8 Å². The molecule has 2 heterocycles. The molecule has 2 rings (SSSR count). The number of piperidine rings is 1. The highest BCUT2D eigenvalue weighted by Crippen LogP contribution is 2.12. The van der Waals surface area contributed by atoms with E-state index < -0.39 is 0 Å². The minimum atomic E-state index is -0.0711. The molecule has 0 atom stereocenters. The van der Waals surface area contributed by atoms with Crippen LogP contribution in [0.25, 0.3) is 0 Å². The molecule has 0 spiro atoms. The summed E-state index contributed by atoms with van der Waals surface area (Å²) in [6.45, 7) is 6.36. The summed E-state index contributed by atoms with van der Waals surface area (Å²) in [4.78, 5) is 17.9. The van der Waals surface area contributed by atoms with E-state index in [1.807, 2.05) is 24.4 Å². The molecule has 0 aliphatic carbocycles. The van der Waals surface area contributed by atoms with Crippen molar-refractivity contribution in [3.8, 4) is 0 Å². The second-order valence-corrected chi connectivity index (χ2v) is 4.58. The predicted molar refractivity (Wildman–Crippen MR) is 70.9 cm³/mol. The van der Waals surface area contributed by atoms with E-state index in [9.17, 15) is 4.79 Å². The van der Waals surface area contributed by atoms with Crippen LogP contribution in [0.15, 0.2) is 37.1 Å². The number of pyridine rings is 1. The molecule has 0 unspecified atom stereocenters. The highest BCUT2D eigenvalue weighted by Gasteiger charge is 2.19. The molecule has 1 saturated heterocycles. The lowest BCUT2D eigenvalue weighted by molar-refractivity contribution is -0.117. The molecule has 1 N–H and O–H groups in total. The van der Waals surface area contributed by atoms with Gasteiger partial charge in [0.25, 0.3) is 0 Å². The lowest BCUT2D eigenvalue weighted by atomic mass is 10.0. The molecular weight excluding hydrogens is 226 g/mol. The molecule has 4 heteroatoms. The van der Waals surface area contributed by atoms with Crippen LogP contribution in [0.2, 0.25) is 0 Å². The molecule has 0 radical (unpaired) electrons. The van der Waals surface area contributed by atoms with Crippen molar-refractivity contribution in [2.24, 2.45) is 0 Å². The van der Waals surface area contributed by atoms with E-state index in [1.165, 1.54) is 6.08 Å². The molecule has 1 aliphatic heterocycles. The number of carbonyl (C=O) groups is 1. The van der Waals surface area contributed by atoms with Gasteiger partial charge in [0.2, 0.25) is 5.91 Å². The molecule has 1 aliphatic rings. The average Bonchev–Trinajstić information content (AvgIpc) is 2.42. The van der Waals surface area contributed by atoms with E-state index >= 15 is 0 Å². The van der Waals surface area contributed by atoms with Gasteiger partial charge in [0.05, 0.1) is 5.69 Å². The third-order valence-electron chi connectivity index (χ3n) is 3.23. The molecule has 1 aromatic heterocycles. The van der Waals surface area contributed by atoms with Gasteiger partial charge in [-0.25, -0.2) is 0 Å². The summed E-state index contributed by atoms with van der Waals surface area (Å²) in [7, 11) is 0. The number of nitrogens with zero attached hydrogens (tertiary/aromatic N) is 2. The number of amides is 1. The normalized spacial score (nSPS) is 17.3. The Morgan fingerprint density at radius 1 is 1.50 bits per heavy atom. The van der Waals surface area contributed by atoms with Crippen LogP contribution in [0, 0.1) is 0 Å². The third kappa shape index (κ3) is 3.67. The van der Waals surface area contributed by atoms with Crippen LogP contribution in [-0.2, 0) is 11.3 Å². The monoisotopic (exact) mass is 245 g/mol. The van der Waals surface area contributed by atoms with Gasteiger partial charge in [0.15, 0.2) is 0 Å². The number of aromatic nitrogens is 1. The highest BCUT2D eigenvalue weighted by molar-refractivity contribution is 5.87. The van der Waals surface area contributed by atoms with Crippen LogP contribution < -0.4 is 5.32 Å². The SMILES string of the molecule is C=CC(=O)NC1CCN(Cc2ccccn2)CC1. The molecular formula is C14H19N3O. The summed E-state index contributed by atoms with van der Waals surface area (Å²) < 4.78 is 0. The maximum absolute atomic E-state index is 11.2. The highest BCUT2D eigenvalue weighted by atomic mass is 16.1. The van der Waals surface area contributed by atoms with Gasteiger partial charge in [-0.1, -0.05) is 12.6 Å². The lowest BCUT2D eigenvalue weighted by Gasteiger charge is -2.31. The first-order valence-electron chi connectivity index (χ1n) is 6.33. The van der Waals surface area contributed by atoms with Crippen molar-refractivity contribution in [3.05, 3.63) is 42.7 Å². The zero-order valence-electron chi connectivity index (χ0n) is 10.5. The zero-order valence-corrected chi connectivity index (χ0v) is 10.5. The van der Waals surface area contributed by atoms with Gasteiger partial charge in [0.1, 0.15) is 0 Å². The van der Waals surface area contributed by atoms with Gasteiger partial charge in [-0.15, -0.1) is 0 Å². The molecule has 18 heavy (non-hydrogen) atoms. The van der Waals surface area contributed by atoms with E-state index in [4.69, 9.17) is 0 Å². The topological polar surface area (TPSA) is 45.2 Å². The van der Waals surface area contributed by atoms with Gasteiger partial charge in [-0.2, -0.15) is 0 Å². The maximum Gasteiger partial charge on any atom is 0.243 e. The number of rotatable bonds is 4. The first-order valence-corrected chi connectivity index (χ1v) is 6.33.